The number of aryl methyl sites for hydroxylation is 1. The minimum absolute atomic E-state index is 0.772. The van der Waals surface area contributed by atoms with Crippen LogP contribution in [0.2, 0.25) is 0 Å². The van der Waals surface area contributed by atoms with E-state index >= 15 is 0 Å². The molecule has 0 N–H and O–H groups in total. The topological polar surface area (TPSA) is 12.9 Å². The average Bonchev–Trinajstić information content (AvgIpc) is 3.09. The van der Waals surface area contributed by atoms with Gasteiger partial charge in [-0.2, -0.15) is 0 Å². The Bertz CT molecular complexity index is 1440. The van der Waals surface area contributed by atoms with Crippen LogP contribution in [0, 0.1) is 6.92 Å². The summed E-state index contributed by atoms with van der Waals surface area (Å²) in [7, 11) is 0. The Balaban J connectivity index is 1.84. The van der Waals surface area contributed by atoms with E-state index < -0.39 is 4.87 Å². The molecular weight excluding hydrogens is 398 g/mol. The fourth-order valence-corrected chi connectivity index (χ4v) is 5.39. The van der Waals surface area contributed by atoms with Crippen molar-refractivity contribution in [3.05, 3.63) is 125 Å². The minimum atomic E-state index is -0.772. The molecule has 1 nitrogen and oxygen atoms in total. The first-order chi connectivity index (χ1) is 15.2. The number of pyridine rings is 1. The van der Waals surface area contributed by atoms with E-state index in [1.54, 1.807) is 0 Å². The third-order valence-electron chi connectivity index (χ3n) is 6.27. The monoisotopic (exact) mass is 417 g/mol. The van der Waals surface area contributed by atoms with Gasteiger partial charge in [-0.25, -0.2) is 4.98 Å². The van der Waals surface area contributed by atoms with Crippen molar-refractivity contribution in [3.8, 4) is 22.4 Å². The maximum atomic E-state index is 7.72. The van der Waals surface area contributed by atoms with Gasteiger partial charge >= 0.3 is 0 Å². The second-order valence-electron chi connectivity index (χ2n) is 8.17. The van der Waals surface area contributed by atoms with E-state index in [2.05, 4.69) is 91.9 Å². The van der Waals surface area contributed by atoms with Gasteiger partial charge in [0.05, 0.1) is 11.2 Å². The third kappa shape index (κ3) is 2.60. The predicted octanol–water partition coefficient (Wildman–Crippen LogP) is 7.72. The van der Waals surface area contributed by atoms with Crippen molar-refractivity contribution in [2.75, 3.05) is 0 Å². The van der Waals surface area contributed by atoms with Crippen LogP contribution >= 0.6 is 11.6 Å². The normalized spacial score (nSPS) is 16.8. The van der Waals surface area contributed by atoms with Crippen molar-refractivity contribution in [2.45, 2.75) is 11.8 Å². The van der Waals surface area contributed by atoms with Crippen molar-refractivity contribution in [3.63, 3.8) is 0 Å². The molecule has 0 radical (unpaired) electrons. The summed E-state index contributed by atoms with van der Waals surface area (Å²) in [6.45, 7) is 2.13. The Kier molecular flexibility index (Phi) is 4.03. The van der Waals surface area contributed by atoms with Crippen LogP contribution in [0.3, 0.4) is 0 Å². The van der Waals surface area contributed by atoms with Gasteiger partial charge < -0.3 is 0 Å². The molecule has 1 aliphatic rings. The number of halogens is 1. The molecule has 2 heteroatoms. The molecule has 0 saturated carbocycles. The van der Waals surface area contributed by atoms with Crippen LogP contribution in [-0.2, 0) is 4.87 Å². The standard InChI is InChI=1S/C29H20ClN/c1-19-16-17-24-23(18-19)26-27(29(24,30)21-12-6-3-7-13-21)22-14-8-9-15-25(22)31-28(26)20-10-4-2-5-11-20/h2-18H,1H3. The zero-order chi connectivity index (χ0) is 21.0. The quantitative estimate of drug-likeness (QED) is 0.268. The Hall–Kier alpha value is -3.42. The summed E-state index contributed by atoms with van der Waals surface area (Å²) in [5, 5.41) is 1.10. The molecule has 1 atom stereocenters. The van der Waals surface area contributed by atoms with Crippen LogP contribution in [-0.4, -0.2) is 4.98 Å². The first kappa shape index (κ1) is 18.4. The lowest BCUT2D eigenvalue weighted by atomic mass is 9.86. The molecule has 0 spiro atoms. The maximum absolute atomic E-state index is 7.72. The van der Waals surface area contributed by atoms with Crippen LogP contribution in [0.5, 0.6) is 0 Å². The van der Waals surface area contributed by atoms with E-state index in [-0.39, 0.29) is 0 Å². The van der Waals surface area contributed by atoms with Gasteiger partial charge in [0.2, 0.25) is 0 Å². The zero-order valence-corrected chi connectivity index (χ0v) is 17.9. The summed E-state index contributed by atoms with van der Waals surface area (Å²) in [4.78, 5) is 4.37. The molecular formula is C29H20ClN. The Morgan fingerprint density at radius 3 is 2.19 bits per heavy atom. The number of benzene rings is 4. The number of nitrogens with zero attached hydrogens (tertiary/aromatic N) is 1. The first-order valence-corrected chi connectivity index (χ1v) is 10.9. The second-order valence-corrected chi connectivity index (χ2v) is 8.73. The van der Waals surface area contributed by atoms with Crippen molar-refractivity contribution in [2.24, 2.45) is 0 Å². The molecule has 0 bridgehead atoms. The van der Waals surface area contributed by atoms with Gasteiger partial charge in [0, 0.05) is 22.1 Å². The molecule has 1 aromatic heterocycles. The molecule has 6 rings (SSSR count). The zero-order valence-electron chi connectivity index (χ0n) is 17.1. The highest BCUT2D eigenvalue weighted by Gasteiger charge is 2.46. The van der Waals surface area contributed by atoms with Gasteiger partial charge in [-0.05, 0) is 29.7 Å². The van der Waals surface area contributed by atoms with E-state index in [1.807, 2.05) is 18.2 Å². The molecule has 5 aromatic rings. The summed E-state index contributed by atoms with van der Waals surface area (Å²) in [5.74, 6) is 0. The fourth-order valence-electron chi connectivity index (χ4n) is 4.90. The number of hydrogen-bond acceptors (Lipinski definition) is 1. The van der Waals surface area contributed by atoms with Crippen LogP contribution in [0.1, 0.15) is 22.3 Å². The summed E-state index contributed by atoms with van der Waals surface area (Å²) in [6.07, 6.45) is 0. The van der Waals surface area contributed by atoms with Crippen LogP contribution in [0.15, 0.2) is 103 Å². The molecule has 1 heterocycles. The van der Waals surface area contributed by atoms with E-state index in [0.717, 1.165) is 44.4 Å². The summed E-state index contributed by atoms with van der Waals surface area (Å²) < 4.78 is 0. The molecule has 31 heavy (non-hydrogen) atoms. The van der Waals surface area contributed by atoms with Gasteiger partial charge in [0.25, 0.3) is 0 Å². The number of rotatable bonds is 2. The Labute approximate surface area is 187 Å². The van der Waals surface area contributed by atoms with E-state index in [9.17, 15) is 0 Å². The van der Waals surface area contributed by atoms with Gasteiger partial charge in [0.15, 0.2) is 0 Å². The van der Waals surface area contributed by atoms with Crippen molar-refractivity contribution in [1.29, 1.82) is 0 Å². The highest BCUT2D eigenvalue weighted by Crippen LogP contribution is 2.59. The van der Waals surface area contributed by atoms with Gasteiger partial charge in [-0.3, -0.25) is 0 Å². The molecule has 0 aliphatic heterocycles. The summed E-state index contributed by atoms with van der Waals surface area (Å²) in [6, 6.07) is 35.8. The Morgan fingerprint density at radius 2 is 1.42 bits per heavy atom. The number of aromatic nitrogens is 1. The number of fused-ring (bicyclic) bond motifs is 5. The molecule has 1 aliphatic carbocycles. The van der Waals surface area contributed by atoms with Gasteiger partial charge in [0.1, 0.15) is 4.87 Å². The molecule has 148 valence electrons. The van der Waals surface area contributed by atoms with E-state index in [0.29, 0.717) is 0 Å². The average molecular weight is 418 g/mol. The van der Waals surface area contributed by atoms with Crippen LogP contribution in [0.4, 0.5) is 0 Å². The number of para-hydroxylation sites is 1. The van der Waals surface area contributed by atoms with Crippen molar-refractivity contribution in [1.82, 2.24) is 4.98 Å². The maximum Gasteiger partial charge on any atom is 0.121 e. The number of hydrogen-bond donors (Lipinski definition) is 0. The lowest BCUT2D eigenvalue weighted by Crippen LogP contribution is -2.19. The lowest BCUT2D eigenvalue weighted by molar-refractivity contribution is 0.919. The van der Waals surface area contributed by atoms with E-state index in [1.165, 1.54) is 11.1 Å². The first-order valence-electron chi connectivity index (χ1n) is 10.5. The van der Waals surface area contributed by atoms with Crippen LogP contribution in [0.25, 0.3) is 33.3 Å². The summed E-state index contributed by atoms with van der Waals surface area (Å²) in [5.41, 5.74) is 9.91. The second kappa shape index (κ2) is 6.80. The molecule has 0 amide bonds. The molecule has 4 aromatic carbocycles. The predicted molar refractivity (Wildman–Crippen MR) is 130 cm³/mol. The SMILES string of the molecule is Cc1ccc2c(c1)-c1c(-c3ccccc3)nc3ccccc3c1C2(Cl)c1ccccc1. The Morgan fingerprint density at radius 1 is 0.742 bits per heavy atom. The minimum Gasteiger partial charge on any atom is -0.247 e. The highest BCUT2D eigenvalue weighted by molar-refractivity contribution is 6.32. The molecule has 0 saturated heterocycles. The number of alkyl halides is 1. The largest absolute Gasteiger partial charge is 0.247 e. The fraction of sp³-hybridized carbons (Fsp3) is 0.0690. The van der Waals surface area contributed by atoms with Gasteiger partial charge in [-0.15, -0.1) is 11.6 Å². The smallest absolute Gasteiger partial charge is 0.121 e. The molecule has 0 fully saturated rings. The summed E-state index contributed by atoms with van der Waals surface area (Å²) >= 11 is 7.72. The highest BCUT2D eigenvalue weighted by atomic mass is 35.5. The third-order valence-corrected chi connectivity index (χ3v) is 6.88. The lowest BCUT2D eigenvalue weighted by Gasteiger charge is -2.27. The van der Waals surface area contributed by atoms with Crippen molar-refractivity contribution < 1.29 is 0 Å². The van der Waals surface area contributed by atoms with E-state index in [4.69, 9.17) is 16.6 Å². The van der Waals surface area contributed by atoms with Crippen molar-refractivity contribution >= 4 is 22.5 Å². The molecule has 1 unspecified atom stereocenters. The van der Waals surface area contributed by atoms with Crippen LogP contribution < -0.4 is 0 Å². The van der Waals surface area contributed by atoms with Gasteiger partial charge in [-0.1, -0.05) is 103 Å².